The highest BCUT2D eigenvalue weighted by Crippen LogP contribution is 2.21. The molecule has 0 radical (unpaired) electrons. The molecule has 1 saturated heterocycles. The van der Waals surface area contributed by atoms with Gasteiger partial charge in [0.2, 0.25) is 5.91 Å². The molecule has 1 fully saturated rings. The molecule has 1 aliphatic rings. The lowest BCUT2D eigenvalue weighted by Crippen LogP contribution is -2.32. The van der Waals surface area contributed by atoms with Gasteiger partial charge in [-0.2, -0.15) is 8.78 Å². The Kier molecular flexibility index (Phi) is 7.93. The summed E-state index contributed by atoms with van der Waals surface area (Å²) in [5, 5.41) is 12.4. The number of amides is 1. The van der Waals surface area contributed by atoms with Crippen LogP contribution in [0.5, 0.6) is 5.75 Å². The molecule has 1 atom stereocenters. The highest BCUT2D eigenvalue weighted by Gasteiger charge is 2.24. The summed E-state index contributed by atoms with van der Waals surface area (Å²) >= 11 is 0. The summed E-state index contributed by atoms with van der Waals surface area (Å²) in [5.74, 6) is -0.170. The predicted octanol–water partition coefficient (Wildman–Crippen LogP) is 3.57. The minimum atomic E-state index is -2.86. The van der Waals surface area contributed by atoms with Crippen LogP contribution in [0.25, 0.3) is 6.08 Å². The number of benzene rings is 2. The quantitative estimate of drug-likeness (QED) is 0.614. The topological polar surface area (TPSA) is 61.8 Å². The summed E-state index contributed by atoms with van der Waals surface area (Å²) in [4.78, 5) is 14.5. The second-order valence-corrected chi connectivity index (χ2v) is 7.22. The van der Waals surface area contributed by atoms with Gasteiger partial charge in [-0.1, -0.05) is 36.4 Å². The molecule has 0 aromatic heterocycles. The van der Waals surface area contributed by atoms with Crippen LogP contribution in [0.1, 0.15) is 29.5 Å². The molecule has 0 saturated carbocycles. The molecule has 1 aliphatic heterocycles. The fourth-order valence-electron chi connectivity index (χ4n) is 3.59. The molecule has 0 spiro atoms. The molecule has 0 aliphatic carbocycles. The summed E-state index contributed by atoms with van der Waals surface area (Å²) < 4.78 is 28.7. The first-order chi connectivity index (χ1) is 14.5. The number of ether oxygens (including phenoxy) is 1. The highest BCUT2D eigenvalue weighted by atomic mass is 19.3. The lowest BCUT2D eigenvalue weighted by molar-refractivity contribution is -0.116. The van der Waals surface area contributed by atoms with Gasteiger partial charge in [-0.25, -0.2) is 0 Å². The predicted molar refractivity (Wildman–Crippen MR) is 111 cm³/mol. The van der Waals surface area contributed by atoms with Crippen LogP contribution in [0.3, 0.4) is 0 Å². The van der Waals surface area contributed by atoms with E-state index in [2.05, 4.69) is 15.0 Å². The maximum Gasteiger partial charge on any atom is 0.387 e. The standard InChI is InChI=1S/C23H26F2N2O3/c24-23(25)30-21-10-7-17(8-11-21)9-12-22(29)26-14-18-4-1-2-5-19(18)15-27-13-3-6-20(27)16-28/h1-2,4-5,7-12,20,23,28H,3,6,13-16H2,(H,26,29)/b12-9+. The number of aliphatic hydroxyl groups excluding tert-OH is 1. The van der Waals surface area contributed by atoms with E-state index in [1.165, 1.54) is 18.2 Å². The van der Waals surface area contributed by atoms with Gasteiger partial charge in [-0.15, -0.1) is 0 Å². The molecule has 160 valence electrons. The second kappa shape index (κ2) is 10.8. The van der Waals surface area contributed by atoms with E-state index in [-0.39, 0.29) is 24.3 Å². The van der Waals surface area contributed by atoms with Gasteiger partial charge in [0, 0.05) is 25.2 Å². The lowest BCUT2D eigenvalue weighted by Gasteiger charge is -2.24. The molecular weight excluding hydrogens is 390 g/mol. The van der Waals surface area contributed by atoms with E-state index >= 15 is 0 Å². The zero-order chi connectivity index (χ0) is 21.3. The van der Waals surface area contributed by atoms with Gasteiger partial charge >= 0.3 is 6.61 Å². The van der Waals surface area contributed by atoms with Crippen LogP contribution in [0.2, 0.25) is 0 Å². The zero-order valence-corrected chi connectivity index (χ0v) is 16.6. The molecule has 30 heavy (non-hydrogen) atoms. The number of carbonyl (C=O) groups excluding carboxylic acids is 1. The van der Waals surface area contributed by atoms with E-state index in [0.29, 0.717) is 12.1 Å². The summed E-state index contributed by atoms with van der Waals surface area (Å²) in [6, 6.07) is 14.2. The van der Waals surface area contributed by atoms with Crippen molar-refractivity contribution in [1.29, 1.82) is 0 Å². The Hall–Kier alpha value is -2.77. The first-order valence-electron chi connectivity index (χ1n) is 9.97. The number of rotatable bonds is 9. The molecule has 1 amide bonds. The van der Waals surface area contributed by atoms with Gasteiger partial charge in [0.05, 0.1) is 6.61 Å². The van der Waals surface area contributed by atoms with Crippen molar-refractivity contribution >= 4 is 12.0 Å². The lowest BCUT2D eigenvalue weighted by atomic mass is 10.1. The molecule has 1 heterocycles. The number of aliphatic hydroxyl groups is 1. The number of hydrogen-bond acceptors (Lipinski definition) is 4. The third-order valence-electron chi connectivity index (χ3n) is 5.19. The van der Waals surface area contributed by atoms with Crippen LogP contribution in [0.4, 0.5) is 8.78 Å². The number of carbonyl (C=O) groups is 1. The molecule has 5 nitrogen and oxygen atoms in total. The first kappa shape index (κ1) is 21.9. The van der Waals surface area contributed by atoms with Gasteiger partial charge in [0.1, 0.15) is 5.75 Å². The largest absolute Gasteiger partial charge is 0.435 e. The Labute approximate surface area is 175 Å². The first-order valence-corrected chi connectivity index (χ1v) is 9.97. The van der Waals surface area contributed by atoms with E-state index in [9.17, 15) is 18.7 Å². The van der Waals surface area contributed by atoms with E-state index < -0.39 is 6.61 Å². The molecule has 2 N–H and O–H groups in total. The fourth-order valence-corrected chi connectivity index (χ4v) is 3.59. The Morgan fingerprint density at radius 3 is 2.63 bits per heavy atom. The maximum atomic E-state index is 12.2. The molecule has 7 heteroatoms. The summed E-state index contributed by atoms with van der Waals surface area (Å²) in [6.45, 7) is -0.576. The van der Waals surface area contributed by atoms with Gasteiger partial charge < -0.3 is 15.2 Å². The van der Waals surface area contributed by atoms with Crippen LogP contribution in [-0.4, -0.2) is 41.7 Å². The van der Waals surface area contributed by atoms with Crippen LogP contribution < -0.4 is 10.1 Å². The van der Waals surface area contributed by atoms with Gasteiger partial charge in [-0.3, -0.25) is 9.69 Å². The van der Waals surface area contributed by atoms with Crippen LogP contribution in [-0.2, 0) is 17.9 Å². The molecule has 1 unspecified atom stereocenters. The zero-order valence-electron chi connectivity index (χ0n) is 16.6. The number of nitrogens with zero attached hydrogens (tertiary/aromatic N) is 1. The highest BCUT2D eigenvalue weighted by molar-refractivity contribution is 5.91. The van der Waals surface area contributed by atoms with Crippen LogP contribution >= 0.6 is 0 Å². The van der Waals surface area contributed by atoms with E-state index in [4.69, 9.17) is 0 Å². The Balaban J connectivity index is 1.54. The van der Waals surface area contributed by atoms with Crippen LogP contribution in [0.15, 0.2) is 54.6 Å². The monoisotopic (exact) mass is 416 g/mol. The Morgan fingerprint density at radius 1 is 1.20 bits per heavy atom. The number of nitrogens with one attached hydrogen (secondary N) is 1. The molecule has 3 rings (SSSR count). The fraction of sp³-hybridized carbons (Fsp3) is 0.348. The average Bonchev–Trinajstić information content (AvgIpc) is 3.19. The van der Waals surface area contributed by atoms with E-state index in [1.807, 2.05) is 24.3 Å². The Bertz CT molecular complexity index is 856. The van der Waals surface area contributed by atoms with Gasteiger partial charge in [-0.05, 0) is 54.3 Å². The van der Waals surface area contributed by atoms with Crippen molar-refractivity contribution in [2.75, 3.05) is 13.2 Å². The van der Waals surface area contributed by atoms with Crippen molar-refractivity contribution in [2.24, 2.45) is 0 Å². The minimum Gasteiger partial charge on any atom is -0.435 e. The van der Waals surface area contributed by atoms with Gasteiger partial charge in [0.25, 0.3) is 0 Å². The third-order valence-corrected chi connectivity index (χ3v) is 5.19. The van der Waals surface area contributed by atoms with Gasteiger partial charge in [0.15, 0.2) is 0 Å². The van der Waals surface area contributed by atoms with Crippen molar-refractivity contribution in [3.63, 3.8) is 0 Å². The van der Waals surface area contributed by atoms with Crippen molar-refractivity contribution in [2.45, 2.75) is 38.6 Å². The second-order valence-electron chi connectivity index (χ2n) is 7.22. The maximum absolute atomic E-state index is 12.2. The Morgan fingerprint density at radius 2 is 1.93 bits per heavy atom. The molecule has 2 aromatic carbocycles. The third kappa shape index (κ3) is 6.37. The molecule has 2 aromatic rings. The van der Waals surface area contributed by atoms with Crippen molar-refractivity contribution in [3.05, 3.63) is 71.3 Å². The number of halogens is 2. The normalized spacial score (nSPS) is 17.0. The number of likely N-dealkylation sites (tertiary alicyclic amines) is 1. The summed E-state index contributed by atoms with van der Waals surface area (Å²) in [5.41, 5.74) is 2.88. The smallest absolute Gasteiger partial charge is 0.387 e. The summed E-state index contributed by atoms with van der Waals surface area (Å²) in [7, 11) is 0. The van der Waals surface area contributed by atoms with Crippen molar-refractivity contribution in [3.8, 4) is 5.75 Å². The average molecular weight is 416 g/mol. The van der Waals surface area contributed by atoms with E-state index in [1.54, 1.807) is 18.2 Å². The number of alkyl halides is 2. The van der Waals surface area contributed by atoms with E-state index in [0.717, 1.165) is 37.1 Å². The molecular formula is C23H26F2N2O3. The van der Waals surface area contributed by atoms with Crippen LogP contribution in [0, 0.1) is 0 Å². The SMILES string of the molecule is O=C(/C=C/c1ccc(OC(F)F)cc1)NCc1ccccc1CN1CCCC1CO. The minimum absolute atomic E-state index is 0.0737. The number of hydrogen-bond donors (Lipinski definition) is 2. The van der Waals surface area contributed by atoms with Crippen molar-refractivity contribution in [1.82, 2.24) is 10.2 Å². The summed E-state index contributed by atoms with van der Waals surface area (Å²) in [6.07, 6.45) is 5.12. The van der Waals surface area contributed by atoms with Crippen molar-refractivity contribution < 1.29 is 23.4 Å². The molecule has 0 bridgehead atoms.